The summed E-state index contributed by atoms with van der Waals surface area (Å²) in [7, 11) is 0. The predicted octanol–water partition coefficient (Wildman–Crippen LogP) is 1.24. The molecule has 0 spiro atoms. The zero-order chi connectivity index (χ0) is 9.14. The Morgan fingerprint density at radius 3 is 2.58 bits per heavy atom. The van der Waals surface area contributed by atoms with Gasteiger partial charge in [-0.2, -0.15) is 0 Å². The first kappa shape index (κ1) is 9.16. The Kier molecular flexibility index (Phi) is 2.78. The molecule has 1 rings (SSSR count). The van der Waals surface area contributed by atoms with Gasteiger partial charge in [0.25, 0.3) is 0 Å². The predicted molar refractivity (Wildman–Crippen MR) is 42.3 cm³/mol. The minimum atomic E-state index is -1.38. The molecule has 0 aliphatic carbocycles. The number of rotatable bonds is 2. The van der Waals surface area contributed by atoms with Crippen LogP contribution in [-0.2, 0) is 0 Å². The lowest BCUT2D eigenvalue weighted by molar-refractivity contribution is -0.255. The third-order valence-corrected chi connectivity index (χ3v) is 1.72. The lowest BCUT2D eigenvalue weighted by atomic mass is 10.2. The topological polar surface area (TPSA) is 49.4 Å². The van der Waals surface area contributed by atoms with Crippen molar-refractivity contribution in [2.24, 2.45) is 0 Å². The van der Waals surface area contributed by atoms with E-state index in [0.29, 0.717) is 0 Å². The molecular weight excluding hydrogens is 203 g/mol. The van der Waals surface area contributed by atoms with Crippen molar-refractivity contribution in [3.63, 3.8) is 0 Å². The third kappa shape index (κ3) is 1.62. The van der Waals surface area contributed by atoms with Crippen LogP contribution in [0.25, 0.3) is 0 Å². The highest BCUT2D eigenvalue weighted by Crippen LogP contribution is 2.28. The smallest absolute Gasteiger partial charge is 0.173 e. The van der Waals surface area contributed by atoms with Crippen molar-refractivity contribution in [1.29, 1.82) is 0 Å². The molecule has 0 fully saturated rings. The van der Waals surface area contributed by atoms with Gasteiger partial charge in [-0.05, 0) is 12.1 Å². The van der Waals surface area contributed by atoms with E-state index in [1.807, 2.05) is 0 Å². The Morgan fingerprint density at radius 2 is 2.17 bits per heavy atom. The minimum absolute atomic E-state index is 0.0965. The number of benzene rings is 1. The number of hydrogen-bond donors (Lipinski definition) is 0. The van der Waals surface area contributed by atoms with Crippen LogP contribution in [0, 0.1) is 0 Å². The molecule has 0 saturated carbocycles. The molecule has 3 nitrogen and oxygen atoms in total. The summed E-state index contributed by atoms with van der Waals surface area (Å²) in [5.41, 5.74) is -0.169. The van der Waals surface area contributed by atoms with Gasteiger partial charge in [0.15, 0.2) is 5.75 Å². The highest BCUT2D eigenvalue weighted by atomic mass is 35.5. The average Bonchev–Trinajstić information content (AvgIpc) is 2.03. The Balaban J connectivity index is 3.27. The zero-order valence-electron chi connectivity index (χ0n) is 5.71. The van der Waals surface area contributed by atoms with Crippen molar-refractivity contribution in [2.45, 2.75) is 0 Å². The van der Waals surface area contributed by atoms with Gasteiger partial charge >= 0.3 is 0 Å². The van der Waals surface area contributed by atoms with E-state index in [1.54, 1.807) is 0 Å². The van der Waals surface area contributed by atoms with Crippen molar-refractivity contribution in [3.8, 4) is 5.75 Å². The van der Waals surface area contributed by atoms with E-state index in [0.717, 1.165) is 0 Å². The zero-order valence-corrected chi connectivity index (χ0v) is 7.22. The van der Waals surface area contributed by atoms with E-state index in [9.17, 15) is 9.90 Å². The molecular formula is C7H3Cl2O3-. The van der Waals surface area contributed by atoms with Crippen LogP contribution in [0.4, 0.5) is 0 Å². The number of carboxylic acid groups (broad SMARTS) is 1. The summed E-state index contributed by atoms with van der Waals surface area (Å²) >= 11 is 10.6. The maximum Gasteiger partial charge on any atom is 0.173 e. The number of carbonyl (C=O) groups is 1. The lowest BCUT2D eigenvalue weighted by Gasteiger charge is -2.07. The van der Waals surface area contributed by atoms with Gasteiger partial charge in [-0.3, -0.25) is 0 Å². The van der Waals surface area contributed by atoms with Crippen LogP contribution in [0.15, 0.2) is 18.2 Å². The quantitative estimate of drug-likeness (QED) is 0.731. The fourth-order valence-electron chi connectivity index (χ4n) is 0.748. The molecule has 0 saturated heterocycles. The Hall–Kier alpha value is -0.930. The van der Waals surface area contributed by atoms with Gasteiger partial charge in [0.1, 0.15) is 11.9 Å². The first-order chi connectivity index (χ1) is 5.66. The van der Waals surface area contributed by atoms with E-state index in [1.165, 1.54) is 18.2 Å². The van der Waals surface area contributed by atoms with Crippen molar-refractivity contribution in [2.75, 3.05) is 0 Å². The maximum absolute atomic E-state index is 10.4. The van der Waals surface area contributed by atoms with E-state index in [2.05, 4.69) is 4.29 Å². The molecule has 0 atom stereocenters. The van der Waals surface area contributed by atoms with Gasteiger partial charge < -0.3 is 14.2 Å². The van der Waals surface area contributed by atoms with E-state index < -0.39 is 5.97 Å². The standard InChI is InChI=1S/C7H4Cl2O3/c8-5-3-1-2-4(7(10)11)6(5)12-9/h1-3H,(H,10,11)/p-1. The normalized spacial score (nSPS) is 9.50. The molecule has 1 aromatic rings. The first-order valence-corrected chi connectivity index (χ1v) is 3.64. The van der Waals surface area contributed by atoms with Gasteiger partial charge in [0.2, 0.25) is 0 Å². The molecule has 12 heavy (non-hydrogen) atoms. The molecule has 0 aliphatic rings. The summed E-state index contributed by atoms with van der Waals surface area (Å²) in [6.07, 6.45) is 0. The van der Waals surface area contributed by atoms with E-state index in [-0.39, 0.29) is 16.3 Å². The molecule has 5 heteroatoms. The molecule has 1 aromatic carbocycles. The van der Waals surface area contributed by atoms with Gasteiger partial charge in [-0.15, -0.1) is 0 Å². The molecule has 64 valence electrons. The highest BCUT2D eigenvalue weighted by molar-refractivity contribution is 6.33. The van der Waals surface area contributed by atoms with Crippen LogP contribution in [-0.4, -0.2) is 5.97 Å². The molecule has 0 amide bonds. The molecule has 0 radical (unpaired) electrons. The number of carboxylic acids is 1. The average molecular weight is 206 g/mol. The minimum Gasteiger partial charge on any atom is -0.545 e. The molecule has 0 unspecified atom stereocenters. The van der Waals surface area contributed by atoms with Gasteiger partial charge in [-0.1, -0.05) is 17.7 Å². The molecule has 0 bridgehead atoms. The monoisotopic (exact) mass is 205 g/mol. The van der Waals surface area contributed by atoms with Crippen LogP contribution in [0.3, 0.4) is 0 Å². The largest absolute Gasteiger partial charge is 0.545 e. The second-order valence-corrected chi connectivity index (χ2v) is 2.54. The number of para-hydroxylation sites is 1. The van der Waals surface area contributed by atoms with Crippen molar-refractivity contribution in [1.82, 2.24) is 0 Å². The third-order valence-electron chi connectivity index (χ3n) is 1.26. The molecule has 0 heterocycles. The molecule has 0 N–H and O–H groups in total. The van der Waals surface area contributed by atoms with Gasteiger partial charge in [0, 0.05) is 5.56 Å². The molecule has 0 aliphatic heterocycles. The summed E-state index contributed by atoms with van der Waals surface area (Å²) in [4.78, 5) is 10.4. The SMILES string of the molecule is O=C([O-])c1cccc(Cl)c1OCl. The van der Waals surface area contributed by atoms with Gasteiger partial charge in [0.05, 0.1) is 11.0 Å². The lowest BCUT2D eigenvalue weighted by Crippen LogP contribution is -2.22. The number of aromatic carboxylic acids is 1. The Morgan fingerprint density at radius 1 is 1.50 bits per heavy atom. The number of carbonyl (C=O) groups excluding carboxylic acids is 1. The second kappa shape index (κ2) is 3.65. The summed E-state index contributed by atoms with van der Waals surface area (Å²) in [6, 6.07) is 4.22. The van der Waals surface area contributed by atoms with Crippen LogP contribution in [0.1, 0.15) is 10.4 Å². The summed E-state index contributed by atoms with van der Waals surface area (Å²) in [5, 5.41) is 10.6. The highest BCUT2D eigenvalue weighted by Gasteiger charge is 2.08. The van der Waals surface area contributed by atoms with Crippen molar-refractivity contribution < 1.29 is 14.2 Å². The number of halogens is 2. The summed E-state index contributed by atoms with van der Waals surface area (Å²) in [5.74, 6) is -1.48. The summed E-state index contributed by atoms with van der Waals surface area (Å²) < 4.78 is 4.26. The van der Waals surface area contributed by atoms with Crippen LogP contribution in [0.2, 0.25) is 5.02 Å². The van der Waals surface area contributed by atoms with Crippen LogP contribution < -0.4 is 9.40 Å². The summed E-state index contributed by atoms with van der Waals surface area (Å²) in [6.45, 7) is 0. The van der Waals surface area contributed by atoms with E-state index >= 15 is 0 Å². The maximum atomic E-state index is 10.4. The van der Waals surface area contributed by atoms with Crippen LogP contribution >= 0.6 is 23.5 Å². The Labute approximate surface area is 78.6 Å². The van der Waals surface area contributed by atoms with Crippen molar-refractivity contribution in [3.05, 3.63) is 28.8 Å². The number of hydrogen-bond acceptors (Lipinski definition) is 3. The fraction of sp³-hybridized carbons (Fsp3) is 0. The van der Waals surface area contributed by atoms with Crippen molar-refractivity contribution >= 4 is 29.4 Å². The van der Waals surface area contributed by atoms with Gasteiger partial charge in [-0.25, -0.2) is 0 Å². The van der Waals surface area contributed by atoms with E-state index in [4.69, 9.17) is 23.5 Å². The second-order valence-electron chi connectivity index (χ2n) is 1.98. The Bertz CT molecular complexity index is 312. The molecule has 0 aromatic heterocycles. The first-order valence-electron chi connectivity index (χ1n) is 2.95. The van der Waals surface area contributed by atoms with Crippen LogP contribution in [0.5, 0.6) is 5.75 Å². The fourth-order valence-corrected chi connectivity index (χ4v) is 1.17.